The van der Waals surface area contributed by atoms with E-state index in [0.29, 0.717) is 6.54 Å². The zero-order valence-electron chi connectivity index (χ0n) is 14.4. The van der Waals surface area contributed by atoms with Crippen LogP contribution in [0.25, 0.3) is 0 Å². The number of likely N-dealkylation sites (tertiary alicyclic amines) is 1. The van der Waals surface area contributed by atoms with E-state index in [2.05, 4.69) is 24.2 Å². The lowest BCUT2D eigenvalue weighted by Crippen LogP contribution is -2.44. The summed E-state index contributed by atoms with van der Waals surface area (Å²) < 4.78 is 7.85. The first kappa shape index (κ1) is 16.6. The maximum Gasteiger partial charge on any atom is 0.227 e. The predicted molar refractivity (Wildman–Crippen MR) is 92.8 cm³/mol. The summed E-state index contributed by atoms with van der Waals surface area (Å²) in [7, 11) is 0. The highest BCUT2D eigenvalue weighted by Gasteiger charge is 2.27. The Hall–Kier alpha value is -2.30. The SMILES string of the molecule is Cc1ccc(OC2CCN(C(=O)C(C)Cn3cccn3)CC2)cc1. The number of carbonyl (C=O) groups excluding carboxylic acids is 1. The minimum absolute atomic E-state index is 0.0560. The van der Waals surface area contributed by atoms with Gasteiger partial charge >= 0.3 is 0 Å². The van der Waals surface area contributed by atoms with Gasteiger partial charge in [-0.25, -0.2) is 0 Å². The Morgan fingerprint density at radius 1 is 1.29 bits per heavy atom. The van der Waals surface area contributed by atoms with Crippen LogP contribution >= 0.6 is 0 Å². The molecule has 1 unspecified atom stereocenters. The highest BCUT2D eigenvalue weighted by Crippen LogP contribution is 2.20. The molecule has 1 atom stereocenters. The highest BCUT2D eigenvalue weighted by molar-refractivity contribution is 5.78. The molecule has 2 heterocycles. The average Bonchev–Trinajstić information content (AvgIpc) is 3.10. The number of hydrogen-bond acceptors (Lipinski definition) is 3. The Bertz CT molecular complexity index is 644. The minimum atomic E-state index is -0.0560. The van der Waals surface area contributed by atoms with Crippen molar-refractivity contribution in [2.75, 3.05) is 13.1 Å². The van der Waals surface area contributed by atoms with Crippen LogP contribution in [0.15, 0.2) is 42.7 Å². The van der Waals surface area contributed by atoms with Crippen LogP contribution in [-0.2, 0) is 11.3 Å². The van der Waals surface area contributed by atoms with E-state index >= 15 is 0 Å². The third kappa shape index (κ3) is 4.16. The number of rotatable bonds is 5. The van der Waals surface area contributed by atoms with Crippen molar-refractivity contribution in [3.05, 3.63) is 48.3 Å². The molecule has 1 fully saturated rings. The van der Waals surface area contributed by atoms with Crippen LogP contribution in [0.5, 0.6) is 5.75 Å². The largest absolute Gasteiger partial charge is 0.490 e. The van der Waals surface area contributed by atoms with E-state index in [4.69, 9.17) is 4.74 Å². The number of ether oxygens (including phenoxy) is 1. The molecule has 1 amide bonds. The van der Waals surface area contributed by atoms with Gasteiger partial charge in [0, 0.05) is 38.3 Å². The molecular weight excluding hydrogens is 302 g/mol. The van der Waals surface area contributed by atoms with Crippen LogP contribution in [0.1, 0.15) is 25.3 Å². The van der Waals surface area contributed by atoms with Gasteiger partial charge in [0.1, 0.15) is 11.9 Å². The van der Waals surface area contributed by atoms with Crippen molar-refractivity contribution in [1.29, 1.82) is 0 Å². The normalized spacial score (nSPS) is 16.8. The summed E-state index contributed by atoms with van der Waals surface area (Å²) in [5, 5.41) is 4.17. The van der Waals surface area contributed by atoms with E-state index in [1.54, 1.807) is 6.20 Å². The molecule has 0 bridgehead atoms. The van der Waals surface area contributed by atoms with E-state index in [1.165, 1.54) is 5.56 Å². The van der Waals surface area contributed by atoms with Gasteiger partial charge in [0.05, 0.1) is 12.5 Å². The molecule has 3 rings (SSSR count). The molecule has 0 spiro atoms. The van der Waals surface area contributed by atoms with Crippen LogP contribution in [-0.4, -0.2) is 39.8 Å². The van der Waals surface area contributed by atoms with E-state index in [0.717, 1.165) is 31.7 Å². The number of benzene rings is 1. The Morgan fingerprint density at radius 3 is 2.62 bits per heavy atom. The topological polar surface area (TPSA) is 47.4 Å². The number of aryl methyl sites for hydroxylation is 1. The second-order valence-corrected chi connectivity index (χ2v) is 6.58. The number of hydrogen-bond donors (Lipinski definition) is 0. The van der Waals surface area contributed by atoms with Gasteiger partial charge in [-0.15, -0.1) is 0 Å². The van der Waals surface area contributed by atoms with Crippen LogP contribution < -0.4 is 4.74 Å². The summed E-state index contributed by atoms with van der Waals surface area (Å²) in [5.74, 6) is 1.07. The number of nitrogens with zero attached hydrogens (tertiary/aromatic N) is 3. The fourth-order valence-corrected chi connectivity index (χ4v) is 3.08. The average molecular weight is 327 g/mol. The van der Waals surface area contributed by atoms with Crippen molar-refractivity contribution in [2.24, 2.45) is 5.92 Å². The standard InChI is InChI=1S/C19H25N3O2/c1-15-4-6-17(7-5-15)24-18-8-12-21(13-9-18)19(23)16(2)14-22-11-3-10-20-22/h3-7,10-11,16,18H,8-9,12-14H2,1-2H3. The fraction of sp³-hybridized carbons (Fsp3) is 0.474. The number of amides is 1. The Labute approximate surface area is 143 Å². The van der Waals surface area contributed by atoms with E-state index in [1.807, 2.05) is 40.9 Å². The minimum Gasteiger partial charge on any atom is -0.490 e. The molecule has 2 aromatic rings. The van der Waals surface area contributed by atoms with Crippen molar-refractivity contribution in [2.45, 2.75) is 39.3 Å². The molecule has 1 aliphatic heterocycles. The van der Waals surface area contributed by atoms with Gasteiger partial charge in [0.2, 0.25) is 5.91 Å². The second kappa shape index (κ2) is 7.51. The quantitative estimate of drug-likeness (QED) is 0.848. The summed E-state index contributed by atoms with van der Waals surface area (Å²) in [6.07, 6.45) is 5.59. The van der Waals surface area contributed by atoms with Crippen molar-refractivity contribution < 1.29 is 9.53 Å². The molecule has 128 valence electrons. The van der Waals surface area contributed by atoms with Gasteiger partial charge in [-0.1, -0.05) is 24.6 Å². The maximum absolute atomic E-state index is 12.6. The van der Waals surface area contributed by atoms with Gasteiger partial charge < -0.3 is 9.64 Å². The molecule has 5 heteroatoms. The Kier molecular flexibility index (Phi) is 5.18. The van der Waals surface area contributed by atoms with Crippen LogP contribution in [0, 0.1) is 12.8 Å². The van der Waals surface area contributed by atoms with E-state index in [-0.39, 0.29) is 17.9 Å². The molecule has 1 saturated heterocycles. The van der Waals surface area contributed by atoms with Gasteiger partial charge in [-0.3, -0.25) is 9.48 Å². The molecule has 0 saturated carbocycles. The first-order valence-corrected chi connectivity index (χ1v) is 8.61. The second-order valence-electron chi connectivity index (χ2n) is 6.58. The Morgan fingerprint density at radius 2 is 2.00 bits per heavy atom. The molecule has 1 aromatic carbocycles. The third-order valence-corrected chi connectivity index (χ3v) is 4.52. The van der Waals surface area contributed by atoms with Gasteiger partial charge in [-0.2, -0.15) is 5.10 Å². The van der Waals surface area contributed by atoms with E-state index < -0.39 is 0 Å². The Balaban J connectivity index is 1.47. The first-order chi connectivity index (χ1) is 11.6. The fourth-order valence-electron chi connectivity index (χ4n) is 3.08. The van der Waals surface area contributed by atoms with Crippen molar-refractivity contribution >= 4 is 5.91 Å². The number of carbonyl (C=O) groups is 1. The lowest BCUT2D eigenvalue weighted by Gasteiger charge is -2.33. The molecule has 0 radical (unpaired) electrons. The van der Waals surface area contributed by atoms with Gasteiger partial charge in [-0.05, 0) is 25.1 Å². The molecular formula is C19H25N3O2. The zero-order valence-corrected chi connectivity index (χ0v) is 14.4. The van der Waals surface area contributed by atoms with Crippen molar-refractivity contribution in [1.82, 2.24) is 14.7 Å². The van der Waals surface area contributed by atoms with Crippen molar-refractivity contribution in [3.63, 3.8) is 0 Å². The van der Waals surface area contributed by atoms with Crippen LogP contribution in [0.3, 0.4) is 0 Å². The molecule has 0 N–H and O–H groups in total. The van der Waals surface area contributed by atoms with Gasteiger partial charge in [0.25, 0.3) is 0 Å². The first-order valence-electron chi connectivity index (χ1n) is 8.61. The summed E-state index contributed by atoms with van der Waals surface area (Å²) in [5.41, 5.74) is 1.23. The molecule has 0 aliphatic carbocycles. The number of piperidine rings is 1. The third-order valence-electron chi connectivity index (χ3n) is 4.52. The van der Waals surface area contributed by atoms with Gasteiger partial charge in [0.15, 0.2) is 0 Å². The van der Waals surface area contributed by atoms with E-state index in [9.17, 15) is 4.79 Å². The lowest BCUT2D eigenvalue weighted by atomic mass is 10.0. The molecule has 1 aromatic heterocycles. The van der Waals surface area contributed by atoms with Crippen LogP contribution in [0.4, 0.5) is 0 Å². The monoisotopic (exact) mass is 327 g/mol. The molecule has 24 heavy (non-hydrogen) atoms. The molecule has 5 nitrogen and oxygen atoms in total. The van der Waals surface area contributed by atoms with Crippen LogP contribution in [0.2, 0.25) is 0 Å². The summed E-state index contributed by atoms with van der Waals surface area (Å²) in [4.78, 5) is 14.5. The highest BCUT2D eigenvalue weighted by atomic mass is 16.5. The zero-order chi connectivity index (χ0) is 16.9. The lowest BCUT2D eigenvalue weighted by molar-refractivity contribution is -0.137. The summed E-state index contributed by atoms with van der Waals surface area (Å²) >= 11 is 0. The molecule has 1 aliphatic rings. The number of aromatic nitrogens is 2. The predicted octanol–water partition coefficient (Wildman–Crippen LogP) is 2.90. The van der Waals surface area contributed by atoms with Crippen molar-refractivity contribution in [3.8, 4) is 5.75 Å². The maximum atomic E-state index is 12.6. The summed E-state index contributed by atoms with van der Waals surface area (Å²) in [6, 6.07) is 10.0. The summed E-state index contributed by atoms with van der Waals surface area (Å²) in [6.45, 7) is 6.19. The smallest absolute Gasteiger partial charge is 0.227 e.